The molecule has 0 aliphatic carbocycles. The van der Waals surface area contributed by atoms with Gasteiger partial charge in [-0.25, -0.2) is 4.98 Å². The predicted octanol–water partition coefficient (Wildman–Crippen LogP) is 3.35. The summed E-state index contributed by atoms with van der Waals surface area (Å²) in [6, 6.07) is 3.50. The van der Waals surface area contributed by atoms with Crippen LogP contribution in [-0.2, 0) is 0 Å². The van der Waals surface area contributed by atoms with Gasteiger partial charge in [-0.05, 0) is 39.7 Å². The van der Waals surface area contributed by atoms with Gasteiger partial charge in [0.1, 0.15) is 0 Å². The fourth-order valence-electron chi connectivity index (χ4n) is 0.798. The summed E-state index contributed by atoms with van der Waals surface area (Å²) in [5.41, 5.74) is 0. The molecule has 5 heteroatoms. The largest absolute Gasteiger partial charge is 0.444 e. The van der Waals surface area contributed by atoms with Gasteiger partial charge in [0.2, 0.25) is 5.22 Å². The zero-order valence-electron chi connectivity index (χ0n) is 5.75. The maximum Gasteiger partial charge on any atom is 0.264 e. The zero-order chi connectivity index (χ0) is 8.55. The first-order chi connectivity index (χ1) is 5.75. The quantitative estimate of drug-likeness (QED) is 0.777. The third-order valence-electron chi connectivity index (χ3n) is 1.26. The Kier molecular flexibility index (Phi) is 1.94. The second-order valence-electron chi connectivity index (χ2n) is 2.07. The van der Waals surface area contributed by atoms with Gasteiger partial charge >= 0.3 is 0 Å². The van der Waals surface area contributed by atoms with Crippen LogP contribution in [0.15, 0.2) is 31.8 Å². The molecule has 2 heterocycles. The van der Waals surface area contributed by atoms with E-state index in [0.717, 1.165) is 0 Å². The molecule has 0 saturated heterocycles. The van der Waals surface area contributed by atoms with Gasteiger partial charge in [-0.2, -0.15) is 0 Å². The average molecular weight is 248 g/mol. The summed E-state index contributed by atoms with van der Waals surface area (Å²) in [5.74, 6) is 0.930. The van der Waals surface area contributed by atoms with Gasteiger partial charge in [0, 0.05) is 0 Å². The number of furan rings is 1. The molecular weight excluding hydrogens is 245 g/mol. The fraction of sp³-hybridized carbons (Fsp3) is 0. The molecule has 2 aromatic rings. The molecule has 0 N–H and O–H groups in total. The molecule has 3 nitrogen and oxygen atoms in total. The van der Waals surface area contributed by atoms with Gasteiger partial charge in [0.25, 0.3) is 5.89 Å². The zero-order valence-corrected chi connectivity index (χ0v) is 8.09. The lowest BCUT2D eigenvalue weighted by Crippen LogP contribution is -1.68. The molecule has 62 valence electrons. The van der Waals surface area contributed by atoms with Crippen molar-refractivity contribution in [1.82, 2.24) is 4.98 Å². The number of nitrogens with zero attached hydrogens (tertiary/aromatic N) is 1. The summed E-state index contributed by atoms with van der Waals surface area (Å²) in [6.45, 7) is 0. The second kappa shape index (κ2) is 2.95. The van der Waals surface area contributed by atoms with Crippen molar-refractivity contribution >= 4 is 27.5 Å². The van der Waals surface area contributed by atoms with Gasteiger partial charge < -0.3 is 8.83 Å². The Balaban J connectivity index is 2.43. The topological polar surface area (TPSA) is 39.2 Å². The van der Waals surface area contributed by atoms with E-state index in [4.69, 9.17) is 20.4 Å². The van der Waals surface area contributed by atoms with Crippen LogP contribution >= 0.6 is 27.5 Å². The van der Waals surface area contributed by atoms with Crippen LogP contribution in [0.2, 0.25) is 5.22 Å². The minimum atomic E-state index is 0.248. The molecular formula is C7H3BrClNO2. The fourth-order valence-corrected chi connectivity index (χ4v) is 1.23. The Bertz CT molecular complexity index is 357. The maximum absolute atomic E-state index is 5.53. The third-order valence-corrected chi connectivity index (χ3v) is 1.86. The highest BCUT2D eigenvalue weighted by Crippen LogP contribution is 2.25. The summed E-state index contributed by atoms with van der Waals surface area (Å²) in [4.78, 5) is 3.89. The monoisotopic (exact) mass is 247 g/mol. The molecule has 2 aromatic heterocycles. The Morgan fingerprint density at radius 1 is 1.33 bits per heavy atom. The number of oxazole rings is 1. The van der Waals surface area contributed by atoms with Gasteiger partial charge in [-0.1, -0.05) is 0 Å². The van der Waals surface area contributed by atoms with E-state index in [0.29, 0.717) is 16.3 Å². The predicted molar refractivity (Wildman–Crippen MR) is 46.9 cm³/mol. The highest BCUT2D eigenvalue weighted by molar-refractivity contribution is 9.10. The molecule has 0 saturated carbocycles. The van der Waals surface area contributed by atoms with Crippen LogP contribution in [0.4, 0.5) is 0 Å². The lowest BCUT2D eigenvalue weighted by atomic mass is 10.4. The van der Waals surface area contributed by atoms with Gasteiger partial charge in [0.05, 0.1) is 6.20 Å². The van der Waals surface area contributed by atoms with Gasteiger partial charge in [0.15, 0.2) is 10.4 Å². The molecule has 0 atom stereocenters. The molecule has 12 heavy (non-hydrogen) atoms. The first kappa shape index (κ1) is 7.89. The summed E-state index contributed by atoms with van der Waals surface area (Å²) >= 11 is 8.70. The highest BCUT2D eigenvalue weighted by atomic mass is 79.9. The minimum Gasteiger partial charge on any atom is -0.444 e. The van der Waals surface area contributed by atoms with Crippen molar-refractivity contribution in [1.29, 1.82) is 0 Å². The van der Waals surface area contributed by atoms with E-state index in [1.54, 1.807) is 12.1 Å². The summed E-state index contributed by atoms with van der Waals surface area (Å²) < 4.78 is 10.8. The van der Waals surface area contributed by atoms with Crippen LogP contribution in [-0.4, -0.2) is 4.98 Å². The van der Waals surface area contributed by atoms with Crippen LogP contribution in [0.25, 0.3) is 11.7 Å². The molecule has 0 radical (unpaired) electrons. The van der Waals surface area contributed by atoms with E-state index in [-0.39, 0.29) is 5.22 Å². The summed E-state index contributed by atoms with van der Waals surface area (Å²) in [6.07, 6.45) is 1.42. The smallest absolute Gasteiger partial charge is 0.264 e. The Hall–Kier alpha value is -0.740. The Morgan fingerprint density at radius 2 is 2.17 bits per heavy atom. The van der Waals surface area contributed by atoms with E-state index in [9.17, 15) is 0 Å². The third kappa shape index (κ3) is 1.40. The Morgan fingerprint density at radius 3 is 2.67 bits per heavy atom. The van der Waals surface area contributed by atoms with Crippen molar-refractivity contribution in [2.75, 3.05) is 0 Å². The molecule has 2 rings (SSSR count). The lowest BCUT2D eigenvalue weighted by Gasteiger charge is -1.85. The van der Waals surface area contributed by atoms with E-state index in [1.807, 2.05) is 0 Å². The molecule has 0 unspecified atom stereocenters. The normalized spacial score (nSPS) is 10.5. The van der Waals surface area contributed by atoms with Gasteiger partial charge in [-0.15, -0.1) is 0 Å². The molecule has 0 bridgehead atoms. The first-order valence-corrected chi connectivity index (χ1v) is 4.30. The van der Waals surface area contributed by atoms with Crippen LogP contribution in [0, 0.1) is 0 Å². The summed E-state index contributed by atoms with van der Waals surface area (Å²) in [7, 11) is 0. The standard InChI is InChI=1S/C7H3BrClNO2/c8-5-2-1-4(11-5)7-10-3-6(9)12-7/h1-3H. The summed E-state index contributed by atoms with van der Waals surface area (Å²) in [5, 5.41) is 0.248. The average Bonchev–Trinajstić information content (AvgIpc) is 2.58. The van der Waals surface area contributed by atoms with Crippen LogP contribution in [0.5, 0.6) is 0 Å². The molecule has 0 amide bonds. The number of rotatable bonds is 1. The van der Waals surface area contributed by atoms with Crippen LogP contribution < -0.4 is 0 Å². The molecule has 0 aliphatic heterocycles. The van der Waals surface area contributed by atoms with Crippen LogP contribution in [0.1, 0.15) is 0 Å². The number of hydrogen-bond donors (Lipinski definition) is 0. The minimum absolute atomic E-state index is 0.248. The number of halogens is 2. The number of aromatic nitrogens is 1. The lowest BCUT2D eigenvalue weighted by molar-refractivity contribution is 0.505. The molecule has 0 spiro atoms. The van der Waals surface area contributed by atoms with Crippen molar-refractivity contribution in [3.8, 4) is 11.7 Å². The van der Waals surface area contributed by atoms with Crippen molar-refractivity contribution in [2.24, 2.45) is 0 Å². The number of hydrogen-bond acceptors (Lipinski definition) is 3. The van der Waals surface area contributed by atoms with Crippen molar-refractivity contribution < 1.29 is 8.83 Å². The molecule has 0 aromatic carbocycles. The second-order valence-corrected chi connectivity index (χ2v) is 3.23. The van der Waals surface area contributed by atoms with Gasteiger partial charge in [-0.3, -0.25) is 0 Å². The van der Waals surface area contributed by atoms with E-state index in [2.05, 4.69) is 20.9 Å². The molecule has 0 fully saturated rings. The highest BCUT2D eigenvalue weighted by Gasteiger charge is 2.08. The molecule has 0 aliphatic rings. The SMILES string of the molecule is Clc1cnc(-c2ccc(Br)o2)o1. The van der Waals surface area contributed by atoms with Crippen molar-refractivity contribution in [2.45, 2.75) is 0 Å². The Labute approximate surface area is 81.5 Å². The van der Waals surface area contributed by atoms with E-state index >= 15 is 0 Å². The van der Waals surface area contributed by atoms with E-state index < -0.39 is 0 Å². The van der Waals surface area contributed by atoms with E-state index in [1.165, 1.54) is 6.20 Å². The van der Waals surface area contributed by atoms with Crippen molar-refractivity contribution in [3.63, 3.8) is 0 Å². The maximum atomic E-state index is 5.53. The van der Waals surface area contributed by atoms with Crippen LogP contribution in [0.3, 0.4) is 0 Å². The first-order valence-electron chi connectivity index (χ1n) is 3.13. The van der Waals surface area contributed by atoms with Crippen molar-refractivity contribution in [3.05, 3.63) is 28.2 Å².